The van der Waals surface area contributed by atoms with E-state index in [0.717, 1.165) is 29.0 Å². The van der Waals surface area contributed by atoms with Gasteiger partial charge in [-0.15, -0.1) is 0 Å². The van der Waals surface area contributed by atoms with Crippen molar-refractivity contribution in [3.8, 4) is 39.4 Å². The molecule has 222 valence electrons. The third kappa shape index (κ3) is 4.17. The molecule has 0 saturated heterocycles. The smallest absolute Gasteiger partial charge is 0.0991 e. The van der Waals surface area contributed by atoms with E-state index in [-0.39, 0.29) is 5.41 Å². The Balaban J connectivity index is 1.23. The van der Waals surface area contributed by atoms with Gasteiger partial charge in [0.25, 0.3) is 0 Å². The third-order valence-electron chi connectivity index (χ3n) is 10.3. The molecule has 0 unspecified atom stereocenters. The highest BCUT2D eigenvalue weighted by molar-refractivity contribution is 6.09. The first-order valence-corrected chi connectivity index (χ1v) is 16.3. The van der Waals surface area contributed by atoms with Crippen molar-refractivity contribution in [2.45, 2.75) is 25.7 Å². The van der Waals surface area contributed by atoms with Crippen molar-refractivity contribution in [3.63, 3.8) is 0 Å². The molecule has 0 aliphatic heterocycles. The van der Waals surface area contributed by atoms with Gasteiger partial charge in [-0.1, -0.05) is 105 Å². The lowest BCUT2D eigenvalue weighted by Gasteiger charge is -2.28. The largest absolute Gasteiger partial charge is 0.310 e. The highest BCUT2D eigenvalue weighted by Crippen LogP contribution is 2.54. The van der Waals surface area contributed by atoms with Crippen molar-refractivity contribution in [2.75, 3.05) is 4.90 Å². The first-order valence-electron chi connectivity index (χ1n) is 16.3. The maximum Gasteiger partial charge on any atom is 0.0991 e. The fourth-order valence-corrected chi connectivity index (χ4v) is 7.98. The zero-order valence-electron chi connectivity index (χ0n) is 26.5. The van der Waals surface area contributed by atoms with Gasteiger partial charge in [0.2, 0.25) is 0 Å². The van der Waals surface area contributed by atoms with E-state index < -0.39 is 0 Å². The third-order valence-corrected chi connectivity index (χ3v) is 10.3. The Morgan fingerprint density at radius 1 is 0.532 bits per heavy atom. The van der Waals surface area contributed by atoms with E-state index in [4.69, 9.17) is 0 Å². The molecular formula is C45H32N2. The van der Waals surface area contributed by atoms with Crippen LogP contribution in [0.1, 0.15) is 41.7 Å². The Morgan fingerprint density at radius 3 is 2.11 bits per heavy atom. The second kappa shape index (κ2) is 10.3. The van der Waals surface area contributed by atoms with Crippen LogP contribution in [-0.2, 0) is 11.8 Å². The summed E-state index contributed by atoms with van der Waals surface area (Å²) in [5.74, 6) is 0. The highest BCUT2D eigenvalue weighted by atomic mass is 15.1. The molecule has 0 amide bonds. The Labute approximate surface area is 275 Å². The molecule has 0 radical (unpaired) electrons. The Morgan fingerprint density at radius 2 is 1.26 bits per heavy atom. The summed E-state index contributed by atoms with van der Waals surface area (Å²) in [7, 11) is 0. The van der Waals surface area contributed by atoms with Crippen LogP contribution in [-0.4, -0.2) is 0 Å². The van der Waals surface area contributed by atoms with Crippen LogP contribution in [0.2, 0.25) is 0 Å². The molecule has 0 heterocycles. The van der Waals surface area contributed by atoms with Crippen molar-refractivity contribution in [1.82, 2.24) is 0 Å². The second-order valence-corrected chi connectivity index (χ2v) is 13.3. The molecule has 7 aromatic rings. The highest BCUT2D eigenvalue weighted by Gasteiger charge is 2.38. The van der Waals surface area contributed by atoms with E-state index in [1.807, 2.05) is 18.2 Å². The van der Waals surface area contributed by atoms with E-state index in [0.29, 0.717) is 5.56 Å². The molecule has 47 heavy (non-hydrogen) atoms. The van der Waals surface area contributed by atoms with E-state index in [9.17, 15) is 5.26 Å². The maximum atomic E-state index is 9.65. The van der Waals surface area contributed by atoms with Gasteiger partial charge in [-0.25, -0.2) is 0 Å². The van der Waals surface area contributed by atoms with Crippen LogP contribution < -0.4 is 4.90 Å². The van der Waals surface area contributed by atoms with Gasteiger partial charge in [0.15, 0.2) is 0 Å². The minimum atomic E-state index is -0.231. The average molecular weight is 601 g/mol. The van der Waals surface area contributed by atoms with E-state index >= 15 is 0 Å². The molecule has 9 rings (SSSR count). The first-order chi connectivity index (χ1) is 23.0. The minimum Gasteiger partial charge on any atom is -0.310 e. The van der Waals surface area contributed by atoms with Crippen LogP contribution in [0.25, 0.3) is 44.2 Å². The number of rotatable bonds is 4. The topological polar surface area (TPSA) is 27.0 Å². The molecule has 0 spiro atoms. The van der Waals surface area contributed by atoms with Gasteiger partial charge < -0.3 is 4.90 Å². The summed E-state index contributed by atoms with van der Waals surface area (Å²) < 4.78 is 0. The summed E-state index contributed by atoms with van der Waals surface area (Å²) in [6.07, 6.45) is 0.985. The number of fused-ring (bicyclic) bond motifs is 8. The Bertz CT molecular complexity index is 2430. The minimum absolute atomic E-state index is 0.231. The number of para-hydroxylation sites is 1. The summed E-state index contributed by atoms with van der Waals surface area (Å²) in [4.78, 5) is 2.40. The number of hydrogen-bond donors (Lipinski definition) is 0. The van der Waals surface area contributed by atoms with Crippen LogP contribution in [0.4, 0.5) is 17.1 Å². The summed E-state index contributed by atoms with van der Waals surface area (Å²) >= 11 is 0. The maximum absolute atomic E-state index is 9.65. The van der Waals surface area contributed by atoms with E-state index in [1.165, 1.54) is 60.8 Å². The quantitative estimate of drug-likeness (QED) is 0.201. The predicted octanol–water partition coefficient (Wildman–Crippen LogP) is 11.7. The summed E-state index contributed by atoms with van der Waals surface area (Å²) in [5, 5.41) is 12.1. The molecule has 0 fully saturated rings. The van der Waals surface area contributed by atoms with Crippen molar-refractivity contribution in [3.05, 3.63) is 173 Å². The SMILES string of the molecule is CC1(C)c2cc(N(c3ccccc3)c3ccc4c(c3)-c3ccccc3C4)ccc2-c2c1cc(-c1cccc(C#N)c1)c1ccccc21. The van der Waals surface area contributed by atoms with Crippen molar-refractivity contribution >= 4 is 27.8 Å². The molecule has 2 nitrogen and oxygen atoms in total. The molecule has 0 saturated carbocycles. The molecule has 0 N–H and O–H groups in total. The van der Waals surface area contributed by atoms with Crippen molar-refractivity contribution < 1.29 is 0 Å². The molecule has 2 aliphatic rings. The van der Waals surface area contributed by atoms with Gasteiger partial charge in [0, 0.05) is 22.5 Å². The zero-order chi connectivity index (χ0) is 31.7. The summed E-state index contributed by atoms with van der Waals surface area (Å²) in [6.45, 7) is 4.70. The monoisotopic (exact) mass is 600 g/mol. The van der Waals surface area contributed by atoms with Crippen LogP contribution in [0.5, 0.6) is 0 Å². The van der Waals surface area contributed by atoms with Crippen LogP contribution in [0.3, 0.4) is 0 Å². The van der Waals surface area contributed by atoms with Gasteiger partial charge in [0.1, 0.15) is 0 Å². The summed E-state index contributed by atoms with van der Waals surface area (Å²) in [6, 6.07) is 54.9. The molecule has 0 aromatic heterocycles. The summed E-state index contributed by atoms with van der Waals surface area (Å²) in [5.41, 5.74) is 16.8. The normalized spacial score (nSPS) is 13.4. The lowest BCUT2D eigenvalue weighted by molar-refractivity contribution is 0.661. The standard InChI is InChI=1S/C45H32N2/c1-45(2)42-26-35(47(33-14-4-3-5-15-33)34-20-19-32-24-31-12-6-7-16-36(31)40(32)25-34)21-22-39(42)44-38-18-9-8-17-37(38)41(27-43(44)45)30-13-10-11-29(23-30)28-46/h3-23,25-27H,24H2,1-2H3. The van der Waals surface area contributed by atoms with Gasteiger partial charge in [-0.3, -0.25) is 0 Å². The molecule has 2 aliphatic carbocycles. The lowest BCUT2D eigenvalue weighted by atomic mass is 9.80. The number of hydrogen-bond acceptors (Lipinski definition) is 2. The fraction of sp³-hybridized carbons (Fsp3) is 0.0889. The molecule has 7 aromatic carbocycles. The van der Waals surface area contributed by atoms with E-state index in [1.54, 1.807) is 0 Å². The second-order valence-electron chi connectivity index (χ2n) is 13.3. The Hall–Kier alpha value is -5.91. The number of nitriles is 1. The predicted molar refractivity (Wildman–Crippen MR) is 195 cm³/mol. The Kier molecular flexibility index (Phi) is 6.01. The fourth-order valence-electron chi connectivity index (χ4n) is 7.98. The first kappa shape index (κ1) is 27.4. The number of benzene rings is 7. The van der Waals surface area contributed by atoms with Gasteiger partial charge in [-0.05, 0) is 127 Å². The van der Waals surface area contributed by atoms with Crippen LogP contribution in [0.15, 0.2) is 146 Å². The number of anilines is 3. The van der Waals surface area contributed by atoms with E-state index in [2.05, 4.69) is 152 Å². The van der Waals surface area contributed by atoms with Crippen molar-refractivity contribution in [1.29, 1.82) is 5.26 Å². The molecule has 2 heteroatoms. The molecular weight excluding hydrogens is 569 g/mol. The van der Waals surface area contributed by atoms with Crippen LogP contribution in [0, 0.1) is 11.3 Å². The number of nitrogens with zero attached hydrogens (tertiary/aromatic N) is 2. The van der Waals surface area contributed by atoms with Crippen molar-refractivity contribution in [2.24, 2.45) is 0 Å². The van der Waals surface area contributed by atoms with Gasteiger partial charge in [-0.2, -0.15) is 5.26 Å². The zero-order valence-corrected chi connectivity index (χ0v) is 26.5. The van der Waals surface area contributed by atoms with Gasteiger partial charge in [0.05, 0.1) is 11.6 Å². The molecule has 0 atom stereocenters. The average Bonchev–Trinajstić information content (AvgIpc) is 3.60. The van der Waals surface area contributed by atoms with Gasteiger partial charge >= 0.3 is 0 Å². The lowest BCUT2D eigenvalue weighted by Crippen LogP contribution is -2.17. The van der Waals surface area contributed by atoms with Crippen LogP contribution >= 0.6 is 0 Å². The molecule has 0 bridgehead atoms.